The molecule has 4 nitrogen and oxygen atoms in total. The first-order valence-corrected chi connectivity index (χ1v) is 6.53. The molecule has 96 valence electrons. The summed E-state index contributed by atoms with van der Waals surface area (Å²) in [6.45, 7) is 1.51. The van der Waals surface area contributed by atoms with Crippen LogP contribution in [-0.2, 0) is 4.79 Å². The average Bonchev–Trinajstić information content (AvgIpc) is 2.77. The van der Waals surface area contributed by atoms with E-state index < -0.39 is 5.97 Å². The Labute approximate surface area is 114 Å². The number of aromatic carboxylic acids is 1. The number of thioether (sulfide) groups is 1. The fourth-order valence-electron chi connectivity index (χ4n) is 1.60. The number of hydrogen-bond acceptors (Lipinski definition) is 3. The Morgan fingerprint density at radius 3 is 2.84 bits per heavy atom. The van der Waals surface area contributed by atoms with Gasteiger partial charge in [-0.2, -0.15) is 0 Å². The summed E-state index contributed by atoms with van der Waals surface area (Å²) in [7, 11) is 0. The lowest BCUT2D eigenvalue weighted by molar-refractivity contribution is -0.109. The Morgan fingerprint density at radius 2 is 2.16 bits per heavy atom. The van der Waals surface area contributed by atoms with Gasteiger partial charge >= 0.3 is 5.97 Å². The van der Waals surface area contributed by atoms with E-state index >= 15 is 0 Å². The van der Waals surface area contributed by atoms with Crippen molar-refractivity contribution in [1.82, 2.24) is 4.98 Å². The second-order valence-corrected chi connectivity index (χ2v) is 5.02. The predicted molar refractivity (Wildman–Crippen MR) is 75.3 cm³/mol. The highest BCUT2D eigenvalue weighted by Crippen LogP contribution is 2.17. The zero-order valence-corrected chi connectivity index (χ0v) is 11.0. The summed E-state index contributed by atoms with van der Waals surface area (Å²) in [5.74, 6) is 5.31. The summed E-state index contributed by atoms with van der Waals surface area (Å²) >= 11 is 1.17. The summed E-state index contributed by atoms with van der Waals surface area (Å²) in [5, 5.41) is 9.74. The largest absolute Gasteiger partial charge is 0.477 e. The molecule has 0 saturated carbocycles. The summed E-state index contributed by atoms with van der Waals surface area (Å²) in [4.78, 5) is 24.4. The molecule has 2 rings (SSSR count). The van der Waals surface area contributed by atoms with Crippen LogP contribution in [0.3, 0.4) is 0 Å². The molecule has 2 aromatic rings. The van der Waals surface area contributed by atoms with Crippen molar-refractivity contribution < 1.29 is 14.7 Å². The predicted octanol–water partition coefficient (Wildman–Crippen LogP) is 2.50. The van der Waals surface area contributed by atoms with Crippen molar-refractivity contribution in [1.29, 1.82) is 0 Å². The van der Waals surface area contributed by atoms with E-state index in [2.05, 4.69) is 16.8 Å². The molecule has 0 fully saturated rings. The highest BCUT2D eigenvalue weighted by molar-refractivity contribution is 8.13. The van der Waals surface area contributed by atoms with Gasteiger partial charge in [0.05, 0.1) is 5.75 Å². The van der Waals surface area contributed by atoms with E-state index in [1.54, 1.807) is 12.1 Å². The number of fused-ring (bicyclic) bond motifs is 1. The molecule has 0 spiro atoms. The number of aromatic nitrogens is 1. The fraction of sp³-hybridized carbons (Fsp3) is 0.143. The van der Waals surface area contributed by atoms with Gasteiger partial charge in [0.1, 0.15) is 5.69 Å². The van der Waals surface area contributed by atoms with Crippen molar-refractivity contribution in [2.45, 2.75) is 6.92 Å². The summed E-state index contributed by atoms with van der Waals surface area (Å²) < 4.78 is 0. The first-order chi connectivity index (χ1) is 9.06. The van der Waals surface area contributed by atoms with E-state index in [1.807, 2.05) is 12.1 Å². The normalized spacial score (nSPS) is 9.95. The van der Waals surface area contributed by atoms with Gasteiger partial charge in [0.2, 0.25) is 0 Å². The molecule has 0 atom stereocenters. The third-order valence-electron chi connectivity index (χ3n) is 2.43. The maximum Gasteiger partial charge on any atom is 0.352 e. The molecule has 0 unspecified atom stereocenters. The first kappa shape index (κ1) is 13.2. The van der Waals surface area contributed by atoms with E-state index in [0.717, 1.165) is 16.5 Å². The van der Waals surface area contributed by atoms with Crippen molar-refractivity contribution in [3.63, 3.8) is 0 Å². The zero-order chi connectivity index (χ0) is 13.8. The Morgan fingerprint density at radius 1 is 1.37 bits per heavy atom. The molecular weight excluding hydrogens is 262 g/mol. The Kier molecular flexibility index (Phi) is 3.93. The first-order valence-electron chi connectivity index (χ1n) is 5.54. The number of hydrogen-bond donors (Lipinski definition) is 2. The van der Waals surface area contributed by atoms with Crippen LogP contribution in [-0.4, -0.2) is 26.9 Å². The van der Waals surface area contributed by atoms with Gasteiger partial charge in [-0.25, -0.2) is 4.79 Å². The molecule has 0 aliphatic heterocycles. The molecule has 19 heavy (non-hydrogen) atoms. The number of carbonyl (C=O) groups is 2. The number of carboxylic acid groups (broad SMARTS) is 1. The van der Waals surface area contributed by atoms with Crippen LogP contribution in [0.25, 0.3) is 10.9 Å². The minimum absolute atomic E-state index is 0.0430. The third kappa shape index (κ3) is 3.39. The van der Waals surface area contributed by atoms with Crippen LogP contribution >= 0.6 is 11.8 Å². The van der Waals surface area contributed by atoms with E-state index in [-0.39, 0.29) is 10.8 Å². The molecule has 5 heteroatoms. The topological polar surface area (TPSA) is 70.2 Å². The molecule has 1 aromatic heterocycles. The van der Waals surface area contributed by atoms with Crippen LogP contribution in [0.1, 0.15) is 23.0 Å². The molecule has 0 bridgehead atoms. The SMILES string of the molecule is CC(=O)SCC#Cc1ccc2[nH]c(C(=O)O)cc2c1. The zero-order valence-electron chi connectivity index (χ0n) is 10.2. The second-order valence-electron chi connectivity index (χ2n) is 3.87. The van der Waals surface area contributed by atoms with Crippen LogP contribution in [0.2, 0.25) is 0 Å². The van der Waals surface area contributed by atoms with Crippen molar-refractivity contribution in [2.24, 2.45) is 0 Å². The molecular formula is C14H11NO3S. The van der Waals surface area contributed by atoms with Gasteiger partial charge in [-0.15, -0.1) is 0 Å². The monoisotopic (exact) mass is 273 g/mol. The number of H-pyrrole nitrogens is 1. The van der Waals surface area contributed by atoms with Crippen molar-refractivity contribution in [2.75, 3.05) is 5.75 Å². The standard InChI is InChI=1S/C14H11NO3S/c1-9(16)19-6-2-3-10-4-5-12-11(7-10)8-13(15-12)14(17)18/h4-5,7-8,15H,6H2,1H3,(H,17,18). The summed E-state index contributed by atoms with van der Waals surface area (Å²) in [5.41, 5.74) is 1.72. The Hall–Kier alpha value is -2.19. The van der Waals surface area contributed by atoms with Crippen LogP contribution in [0.4, 0.5) is 0 Å². The van der Waals surface area contributed by atoms with Crippen molar-refractivity contribution >= 4 is 33.7 Å². The lowest BCUT2D eigenvalue weighted by Gasteiger charge is -1.91. The number of aromatic amines is 1. The minimum Gasteiger partial charge on any atom is -0.477 e. The fourth-order valence-corrected chi connectivity index (χ4v) is 1.95. The van der Waals surface area contributed by atoms with Crippen molar-refractivity contribution in [3.05, 3.63) is 35.5 Å². The number of nitrogens with one attached hydrogen (secondary N) is 1. The number of rotatable bonds is 2. The van der Waals surface area contributed by atoms with Crippen LogP contribution in [0.5, 0.6) is 0 Å². The second kappa shape index (κ2) is 5.63. The molecule has 0 aliphatic carbocycles. The van der Waals surface area contributed by atoms with Gasteiger partial charge < -0.3 is 10.1 Å². The molecule has 0 aliphatic rings. The van der Waals surface area contributed by atoms with E-state index in [9.17, 15) is 9.59 Å². The molecule has 1 aromatic carbocycles. The molecule has 0 saturated heterocycles. The lowest BCUT2D eigenvalue weighted by Crippen LogP contribution is -1.94. The van der Waals surface area contributed by atoms with E-state index in [1.165, 1.54) is 18.7 Å². The van der Waals surface area contributed by atoms with Crippen LogP contribution < -0.4 is 0 Å². The van der Waals surface area contributed by atoms with Gasteiger partial charge in [-0.05, 0) is 24.3 Å². The molecule has 2 N–H and O–H groups in total. The van der Waals surface area contributed by atoms with Crippen LogP contribution in [0.15, 0.2) is 24.3 Å². The highest BCUT2D eigenvalue weighted by Gasteiger charge is 2.06. The number of carbonyl (C=O) groups excluding carboxylic acids is 1. The van der Waals surface area contributed by atoms with Gasteiger partial charge in [-0.1, -0.05) is 23.6 Å². The maximum atomic E-state index is 10.8. The number of benzene rings is 1. The van der Waals surface area contributed by atoms with E-state index in [0.29, 0.717) is 5.75 Å². The molecule has 0 radical (unpaired) electrons. The highest BCUT2D eigenvalue weighted by atomic mass is 32.2. The van der Waals surface area contributed by atoms with Gasteiger partial charge in [0, 0.05) is 23.4 Å². The molecule has 0 amide bonds. The third-order valence-corrected chi connectivity index (χ3v) is 3.13. The quantitative estimate of drug-likeness (QED) is 0.825. The maximum absolute atomic E-state index is 10.8. The van der Waals surface area contributed by atoms with Crippen molar-refractivity contribution in [3.8, 4) is 11.8 Å². The van der Waals surface area contributed by atoms with Gasteiger partial charge in [-0.3, -0.25) is 4.79 Å². The summed E-state index contributed by atoms with van der Waals surface area (Å²) in [6, 6.07) is 7.01. The average molecular weight is 273 g/mol. The smallest absolute Gasteiger partial charge is 0.352 e. The van der Waals surface area contributed by atoms with Gasteiger partial charge in [0.15, 0.2) is 5.12 Å². The lowest BCUT2D eigenvalue weighted by atomic mass is 10.1. The minimum atomic E-state index is -0.985. The van der Waals surface area contributed by atoms with E-state index in [4.69, 9.17) is 5.11 Å². The summed E-state index contributed by atoms with van der Waals surface area (Å²) in [6.07, 6.45) is 0. The number of carboxylic acids is 1. The Balaban J connectivity index is 2.21. The Bertz CT molecular complexity index is 706. The van der Waals surface area contributed by atoms with Crippen LogP contribution in [0, 0.1) is 11.8 Å². The van der Waals surface area contributed by atoms with Gasteiger partial charge in [0.25, 0.3) is 0 Å². The molecule has 1 heterocycles.